The third-order valence-electron chi connectivity index (χ3n) is 6.62. The van der Waals surface area contributed by atoms with Gasteiger partial charge in [-0.3, -0.25) is 0 Å². The summed E-state index contributed by atoms with van der Waals surface area (Å²) < 4.78 is 80.4. The lowest BCUT2D eigenvalue weighted by Crippen LogP contribution is -2.39. The fourth-order valence-corrected chi connectivity index (χ4v) is 6.76. The quantitative estimate of drug-likeness (QED) is 0.525. The van der Waals surface area contributed by atoms with Gasteiger partial charge in [0.05, 0.1) is 16.6 Å². The van der Waals surface area contributed by atoms with E-state index in [9.17, 15) is 21.6 Å². The Balaban J connectivity index is 1.47. The number of alkyl halides is 3. The van der Waals surface area contributed by atoms with Gasteiger partial charge in [-0.1, -0.05) is 5.16 Å². The minimum Gasteiger partial charge on any atom is -0.370 e. The summed E-state index contributed by atoms with van der Waals surface area (Å²) in [6.07, 6.45) is -2.15. The number of aryl methyl sites for hydroxylation is 2. The Hall–Kier alpha value is -2.44. The van der Waals surface area contributed by atoms with Crippen molar-refractivity contribution < 1.29 is 30.8 Å². The number of halogens is 3. The summed E-state index contributed by atoms with van der Waals surface area (Å²) in [5.74, 6) is 0.861. The molecule has 3 aromatic rings. The van der Waals surface area contributed by atoms with Crippen LogP contribution in [0.1, 0.15) is 60.7 Å². The molecule has 5 rings (SSSR count). The van der Waals surface area contributed by atoms with Crippen molar-refractivity contribution in [1.29, 1.82) is 0 Å². The number of benzene rings is 1. The molecule has 0 radical (unpaired) electrons. The summed E-state index contributed by atoms with van der Waals surface area (Å²) in [6.45, 7) is 4.28. The highest BCUT2D eigenvalue weighted by atomic mass is 32.2. The minimum atomic E-state index is -4.46. The molecule has 2 saturated heterocycles. The third kappa shape index (κ3) is 3.91. The molecule has 0 aliphatic carbocycles. The summed E-state index contributed by atoms with van der Waals surface area (Å²) in [4.78, 5) is 4.66. The number of hydrogen-bond acceptors (Lipinski definition) is 6. The summed E-state index contributed by atoms with van der Waals surface area (Å²) in [6, 6.07) is 3.48. The molecule has 0 N–H and O–H groups in total. The van der Waals surface area contributed by atoms with E-state index < -0.39 is 21.8 Å². The molecule has 0 spiro atoms. The molecule has 4 heterocycles. The van der Waals surface area contributed by atoms with Gasteiger partial charge >= 0.3 is 6.18 Å². The lowest BCUT2D eigenvalue weighted by Gasteiger charge is -2.33. The van der Waals surface area contributed by atoms with Gasteiger partial charge in [-0.05, 0) is 57.7 Å². The van der Waals surface area contributed by atoms with Crippen LogP contribution in [-0.2, 0) is 20.9 Å². The van der Waals surface area contributed by atoms with Crippen LogP contribution in [0.2, 0.25) is 0 Å². The minimum absolute atomic E-state index is 0.0961. The number of fused-ring (bicyclic) bond motifs is 1. The van der Waals surface area contributed by atoms with E-state index in [0.717, 1.165) is 25.0 Å². The van der Waals surface area contributed by atoms with E-state index in [1.807, 2.05) is 4.57 Å². The van der Waals surface area contributed by atoms with Gasteiger partial charge in [0.1, 0.15) is 22.5 Å². The molecule has 12 heteroatoms. The maximum Gasteiger partial charge on any atom is 0.416 e. The first-order chi connectivity index (χ1) is 16.1. The van der Waals surface area contributed by atoms with Crippen LogP contribution in [0.25, 0.3) is 11.0 Å². The lowest BCUT2D eigenvalue weighted by atomic mass is 10.1. The Morgan fingerprint density at radius 3 is 2.44 bits per heavy atom. The normalized spacial score (nSPS) is 21.0. The molecule has 1 unspecified atom stereocenters. The number of piperidine rings is 1. The Kier molecular flexibility index (Phi) is 5.72. The van der Waals surface area contributed by atoms with E-state index in [-0.39, 0.29) is 41.4 Å². The van der Waals surface area contributed by atoms with Crippen LogP contribution in [0, 0.1) is 13.8 Å². The molecule has 34 heavy (non-hydrogen) atoms. The van der Waals surface area contributed by atoms with Crippen molar-refractivity contribution >= 4 is 21.1 Å². The van der Waals surface area contributed by atoms with Gasteiger partial charge < -0.3 is 13.8 Å². The van der Waals surface area contributed by atoms with E-state index in [1.165, 1.54) is 10.4 Å². The largest absolute Gasteiger partial charge is 0.416 e. The zero-order valence-electron chi connectivity index (χ0n) is 18.8. The van der Waals surface area contributed by atoms with E-state index >= 15 is 0 Å². The fraction of sp³-hybridized carbons (Fsp3) is 0.545. The molecular formula is C22H25F3N4O4S. The molecular weight excluding hydrogens is 473 g/mol. The molecule has 0 amide bonds. The van der Waals surface area contributed by atoms with Gasteiger partial charge in [-0.25, -0.2) is 13.4 Å². The summed E-state index contributed by atoms with van der Waals surface area (Å²) in [7, 11) is -3.76. The van der Waals surface area contributed by atoms with Crippen molar-refractivity contribution in [3.05, 3.63) is 41.0 Å². The second-order valence-electron chi connectivity index (χ2n) is 8.83. The third-order valence-corrected chi connectivity index (χ3v) is 8.76. The maximum absolute atomic E-state index is 13.3. The van der Waals surface area contributed by atoms with Gasteiger partial charge in [-0.15, -0.1) is 0 Å². The maximum atomic E-state index is 13.3. The Morgan fingerprint density at radius 2 is 1.85 bits per heavy atom. The van der Waals surface area contributed by atoms with E-state index in [2.05, 4.69) is 10.1 Å². The van der Waals surface area contributed by atoms with Crippen molar-refractivity contribution in [3.63, 3.8) is 0 Å². The SMILES string of the molecule is Cc1noc(C)c1S(=O)(=O)N1CCC(n2c(C3CCCO3)nc3cc(C(F)(F)F)ccc32)CC1. The first-order valence-electron chi connectivity index (χ1n) is 11.2. The zero-order chi connectivity index (χ0) is 24.3. The van der Waals surface area contributed by atoms with Crippen LogP contribution in [-0.4, -0.2) is 47.1 Å². The number of ether oxygens (including phenoxy) is 1. The first kappa shape index (κ1) is 23.3. The fourth-order valence-electron chi connectivity index (χ4n) is 5.00. The van der Waals surface area contributed by atoms with Crippen LogP contribution >= 0.6 is 0 Å². The van der Waals surface area contributed by atoms with Crippen molar-refractivity contribution in [2.75, 3.05) is 19.7 Å². The van der Waals surface area contributed by atoms with Gasteiger partial charge in [0.2, 0.25) is 10.0 Å². The van der Waals surface area contributed by atoms with Crippen molar-refractivity contribution in [2.45, 2.75) is 62.7 Å². The second-order valence-corrected chi connectivity index (χ2v) is 10.7. The molecule has 2 aliphatic rings. The molecule has 1 atom stereocenters. The van der Waals surface area contributed by atoms with Gasteiger partial charge in [0.15, 0.2) is 5.76 Å². The smallest absolute Gasteiger partial charge is 0.370 e. The van der Waals surface area contributed by atoms with Crippen molar-refractivity contribution in [3.8, 4) is 0 Å². The predicted octanol–water partition coefficient (Wildman–Crippen LogP) is 4.54. The molecule has 8 nitrogen and oxygen atoms in total. The summed E-state index contributed by atoms with van der Waals surface area (Å²) in [5.41, 5.74) is 0.446. The Morgan fingerprint density at radius 1 is 1.12 bits per heavy atom. The van der Waals surface area contributed by atoms with Gasteiger partial charge in [-0.2, -0.15) is 17.5 Å². The van der Waals surface area contributed by atoms with Crippen LogP contribution in [0.3, 0.4) is 0 Å². The zero-order valence-corrected chi connectivity index (χ0v) is 19.6. The number of aromatic nitrogens is 3. The number of nitrogens with zero attached hydrogens (tertiary/aromatic N) is 4. The Labute approximate surface area is 194 Å². The van der Waals surface area contributed by atoms with Gasteiger partial charge in [0.25, 0.3) is 0 Å². The number of rotatable bonds is 4. The molecule has 2 aromatic heterocycles. The monoisotopic (exact) mass is 498 g/mol. The lowest BCUT2D eigenvalue weighted by molar-refractivity contribution is -0.137. The standard InChI is InChI=1S/C22H25F3N4O4S/c1-13-20(14(2)33-27-13)34(30,31)28-9-7-16(8-10-28)29-18-6-5-15(22(23,24)25)12-17(18)26-21(29)19-4-3-11-32-19/h5-6,12,16,19H,3-4,7-11H2,1-2H3. The van der Waals surface area contributed by atoms with E-state index in [4.69, 9.17) is 9.26 Å². The molecule has 0 bridgehead atoms. The highest BCUT2D eigenvalue weighted by molar-refractivity contribution is 7.89. The van der Waals surface area contributed by atoms with Crippen molar-refractivity contribution in [1.82, 2.24) is 19.0 Å². The van der Waals surface area contributed by atoms with E-state index in [0.29, 0.717) is 36.5 Å². The Bertz CT molecular complexity index is 1300. The summed E-state index contributed by atoms with van der Waals surface area (Å²) in [5, 5.41) is 3.76. The molecule has 2 aliphatic heterocycles. The topological polar surface area (TPSA) is 90.5 Å². The number of hydrogen-bond donors (Lipinski definition) is 0. The van der Waals surface area contributed by atoms with Gasteiger partial charge in [0, 0.05) is 25.7 Å². The molecule has 1 aromatic carbocycles. The molecule has 0 saturated carbocycles. The number of sulfonamides is 1. The first-order valence-corrected chi connectivity index (χ1v) is 12.6. The average Bonchev–Trinajstić information content (AvgIpc) is 3.51. The van der Waals surface area contributed by atoms with E-state index in [1.54, 1.807) is 13.8 Å². The van der Waals surface area contributed by atoms with Crippen LogP contribution < -0.4 is 0 Å². The molecule has 184 valence electrons. The van der Waals surface area contributed by atoms with Crippen LogP contribution in [0.15, 0.2) is 27.6 Å². The average molecular weight is 499 g/mol. The number of imidazole rings is 1. The molecule has 2 fully saturated rings. The van der Waals surface area contributed by atoms with Crippen molar-refractivity contribution in [2.24, 2.45) is 0 Å². The highest BCUT2D eigenvalue weighted by Crippen LogP contribution is 2.39. The second kappa shape index (κ2) is 8.35. The van der Waals surface area contributed by atoms with Crippen LogP contribution in [0.4, 0.5) is 13.2 Å². The van der Waals surface area contributed by atoms with Crippen LogP contribution in [0.5, 0.6) is 0 Å². The summed E-state index contributed by atoms with van der Waals surface area (Å²) >= 11 is 0. The predicted molar refractivity (Wildman–Crippen MR) is 116 cm³/mol. The highest BCUT2D eigenvalue weighted by Gasteiger charge is 2.37.